The van der Waals surface area contributed by atoms with Gasteiger partial charge in [-0.3, -0.25) is 18.6 Å². The molecule has 55 heavy (non-hydrogen) atoms. The van der Waals surface area contributed by atoms with Crippen LogP contribution in [0.5, 0.6) is 0 Å². The lowest BCUT2D eigenvalue weighted by Gasteiger charge is -2.20. The fraction of sp³-hybridized carbons (Fsp3) is 0.682. The van der Waals surface area contributed by atoms with Gasteiger partial charge in [-0.05, 0) is 83.5 Å². The van der Waals surface area contributed by atoms with Crippen LogP contribution in [0.2, 0.25) is 0 Å². The third-order valence-electron chi connectivity index (χ3n) is 8.31. The Morgan fingerprint density at radius 3 is 1.51 bits per heavy atom. The summed E-state index contributed by atoms with van der Waals surface area (Å²) in [6, 6.07) is 0. The SMILES string of the molecule is CCC/C=C/C/C=C/C/C=C/C/C=C/CCCCCC(=O)OC[C@H](COP(=O)(O)OC[C@@H](O)CO)OC(=O)CCCCCCC/C=C/C/C=C/CCCCC. The van der Waals surface area contributed by atoms with Crippen LogP contribution < -0.4 is 0 Å². The zero-order valence-electron chi connectivity index (χ0n) is 34.1. The molecule has 11 heteroatoms. The Kier molecular flexibility index (Phi) is 37.8. The van der Waals surface area contributed by atoms with E-state index in [1.807, 2.05) is 0 Å². The molecule has 0 aromatic carbocycles. The normalized spacial score (nSPS) is 14.6. The van der Waals surface area contributed by atoms with E-state index in [0.29, 0.717) is 12.8 Å². The molecule has 0 radical (unpaired) electrons. The van der Waals surface area contributed by atoms with E-state index in [0.717, 1.165) is 89.9 Å². The van der Waals surface area contributed by atoms with E-state index in [4.69, 9.17) is 19.1 Å². The molecule has 0 aliphatic heterocycles. The number of hydrogen-bond donors (Lipinski definition) is 3. The molecule has 0 saturated carbocycles. The van der Waals surface area contributed by atoms with Crippen molar-refractivity contribution >= 4 is 19.8 Å². The summed E-state index contributed by atoms with van der Waals surface area (Å²) in [6.45, 7) is 2.21. The van der Waals surface area contributed by atoms with Gasteiger partial charge >= 0.3 is 19.8 Å². The number of unbranched alkanes of at least 4 members (excludes halogenated alkanes) is 12. The third-order valence-corrected chi connectivity index (χ3v) is 9.27. The van der Waals surface area contributed by atoms with Gasteiger partial charge in [-0.1, -0.05) is 132 Å². The number of aliphatic hydroxyl groups is 2. The van der Waals surface area contributed by atoms with E-state index in [1.165, 1.54) is 25.7 Å². The quantitative estimate of drug-likeness (QED) is 0.0239. The van der Waals surface area contributed by atoms with Gasteiger partial charge in [-0.25, -0.2) is 4.57 Å². The minimum Gasteiger partial charge on any atom is -0.462 e. The number of esters is 2. The highest BCUT2D eigenvalue weighted by Crippen LogP contribution is 2.43. The lowest BCUT2D eigenvalue weighted by atomic mass is 10.1. The first kappa shape index (κ1) is 52.4. The number of aliphatic hydroxyl groups excluding tert-OH is 2. The molecule has 0 rings (SSSR count). The fourth-order valence-electron chi connectivity index (χ4n) is 5.07. The number of carbonyl (C=O) groups excluding carboxylic acids is 2. The summed E-state index contributed by atoms with van der Waals surface area (Å²) < 4.78 is 32.6. The lowest BCUT2D eigenvalue weighted by Crippen LogP contribution is -2.29. The topological polar surface area (TPSA) is 149 Å². The summed E-state index contributed by atoms with van der Waals surface area (Å²) in [5.74, 6) is -0.984. The number of ether oxygens (including phenoxy) is 2. The number of allylic oxidation sites excluding steroid dienone is 12. The summed E-state index contributed by atoms with van der Waals surface area (Å²) in [4.78, 5) is 34.9. The predicted octanol–water partition coefficient (Wildman–Crippen LogP) is 10.9. The molecule has 10 nitrogen and oxygen atoms in total. The Bertz CT molecular complexity index is 1140. The Morgan fingerprint density at radius 1 is 0.545 bits per heavy atom. The maximum Gasteiger partial charge on any atom is 0.472 e. The molecule has 0 heterocycles. The molecule has 0 amide bonds. The smallest absolute Gasteiger partial charge is 0.462 e. The molecule has 3 atom stereocenters. The highest BCUT2D eigenvalue weighted by molar-refractivity contribution is 7.47. The van der Waals surface area contributed by atoms with Crippen LogP contribution in [0.1, 0.15) is 155 Å². The molecule has 0 aliphatic carbocycles. The molecule has 0 spiro atoms. The maximum absolute atomic E-state index is 12.6. The Labute approximate surface area is 333 Å². The van der Waals surface area contributed by atoms with Gasteiger partial charge in [0.1, 0.15) is 12.7 Å². The molecule has 0 saturated heterocycles. The van der Waals surface area contributed by atoms with Crippen LogP contribution >= 0.6 is 7.82 Å². The molecule has 316 valence electrons. The Balaban J connectivity index is 4.42. The minimum absolute atomic E-state index is 0.157. The van der Waals surface area contributed by atoms with E-state index in [-0.39, 0.29) is 19.4 Å². The number of carbonyl (C=O) groups is 2. The van der Waals surface area contributed by atoms with Crippen LogP contribution in [0.25, 0.3) is 0 Å². The predicted molar refractivity (Wildman–Crippen MR) is 223 cm³/mol. The second-order valence-corrected chi connectivity index (χ2v) is 15.1. The second kappa shape index (κ2) is 39.6. The van der Waals surface area contributed by atoms with Crippen molar-refractivity contribution in [2.75, 3.05) is 26.4 Å². The monoisotopic (exact) mass is 795 g/mol. The van der Waals surface area contributed by atoms with Crippen molar-refractivity contribution in [2.24, 2.45) is 0 Å². The molecule has 0 aliphatic rings. The van der Waals surface area contributed by atoms with Crippen molar-refractivity contribution in [1.82, 2.24) is 0 Å². The molecule has 3 N–H and O–H groups in total. The van der Waals surface area contributed by atoms with E-state index < -0.39 is 51.8 Å². The van der Waals surface area contributed by atoms with Gasteiger partial charge in [0, 0.05) is 12.8 Å². The van der Waals surface area contributed by atoms with E-state index in [9.17, 15) is 24.2 Å². The van der Waals surface area contributed by atoms with E-state index >= 15 is 0 Å². The van der Waals surface area contributed by atoms with Crippen molar-refractivity contribution in [3.8, 4) is 0 Å². The first-order valence-corrected chi connectivity index (χ1v) is 22.4. The average Bonchev–Trinajstić information content (AvgIpc) is 3.17. The zero-order valence-corrected chi connectivity index (χ0v) is 35.0. The second-order valence-electron chi connectivity index (χ2n) is 13.7. The van der Waals surface area contributed by atoms with Crippen LogP contribution in [0, 0.1) is 0 Å². The summed E-state index contributed by atoms with van der Waals surface area (Å²) >= 11 is 0. The zero-order chi connectivity index (χ0) is 40.5. The maximum atomic E-state index is 12.6. The fourth-order valence-corrected chi connectivity index (χ4v) is 5.86. The minimum atomic E-state index is -4.63. The highest BCUT2D eigenvalue weighted by Gasteiger charge is 2.27. The van der Waals surface area contributed by atoms with E-state index in [1.54, 1.807) is 0 Å². The van der Waals surface area contributed by atoms with Crippen molar-refractivity contribution in [2.45, 2.75) is 167 Å². The van der Waals surface area contributed by atoms with Gasteiger partial charge in [0.05, 0.1) is 19.8 Å². The first-order valence-electron chi connectivity index (χ1n) is 20.9. The lowest BCUT2D eigenvalue weighted by molar-refractivity contribution is -0.161. The van der Waals surface area contributed by atoms with Gasteiger partial charge in [0.15, 0.2) is 6.10 Å². The van der Waals surface area contributed by atoms with Crippen LogP contribution in [-0.2, 0) is 32.7 Å². The molecule has 0 aromatic rings. The third kappa shape index (κ3) is 39.4. The molecule has 0 bridgehead atoms. The standard InChI is InChI=1S/C44H75O10P/c1-3-5-7-9-11-13-15-17-19-20-22-23-25-27-29-31-33-35-43(47)51-39-42(40-53-55(49,50)52-38-41(46)37-45)54-44(48)36-34-32-30-28-26-24-21-18-16-14-12-10-8-6-4-2/h7,9,12-15,18-21,23,25,41-42,45-46H,3-6,8,10-11,16-17,22,24,26-40H2,1-2H3,(H,49,50)/b9-7+,14-12+,15-13+,20-19+,21-18+,25-23+/t41-,42+/m0/s1. The molecule has 0 aromatic heterocycles. The van der Waals surface area contributed by atoms with Gasteiger partial charge in [0.25, 0.3) is 0 Å². The average molecular weight is 795 g/mol. The number of phosphoric ester groups is 1. The van der Waals surface area contributed by atoms with Gasteiger partial charge in [-0.2, -0.15) is 0 Å². The molecule has 0 fully saturated rings. The van der Waals surface area contributed by atoms with E-state index in [2.05, 4.69) is 91.3 Å². The summed E-state index contributed by atoms with van der Waals surface area (Å²) in [5, 5.41) is 18.3. The first-order chi connectivity index (χ1) is 26.7. The summed E-state index contributed by atoms with van der Waals surface area (Å²) in [5.41, 5.74) is 0. The Morgan fingerprint density at radius 2 is 0.982 bits per heavy atom. The number of phosphoric acid groups is 1. The molecule has 1 unspecified atom stereocenters. The van der Waals surface area contributed by atoms with Gasteiger partial charge < -0.3 is 24.6 Å². The van der Waals surface area contributed by atoms with Crippen LogP contribution in [0.15, 0.2) is 72.9 Å². The van der Waals surface area contributed by atoms with Crippen LogP contribution in [-0.4, -0.2) is 65.7 Å². The van der Waals surface area contributed by atoms with Crippen molar-refractivity contribution in [3.63, 3.8) is 0 Å². The Hall–Kier alpha value is -2.59. The summed E-state index contributed by atoms with van der Waals surface area (Å²) in [6.07, 6.45) is 44.3. The van der Waals surface area contributed by atoms with Crippen LogP contribution in [0.4, 0.5) is 0 Å². The highest BCUT2D eigenvalue weighted by atomic mass is 31.2. The van der Waals surface area contributed by atoms with Crippen LogP contribution in [0.3, 0.4) is 0 Å². The number of hydrogen-bond acceptors (Lipinski definition) is 9. The number of rotatable bonds is 38. The van der Waals surface area contributed by atoms with Crippen molar-refractivity contribution in [1.29, 1.82) is 0 Å². The summed E-state index contributed by atoms with van der Waals surface area (Å²) in [7, 11) is -4.63. The van der Waals surface area contributed by atoms with Crippen molar-refractivity contribution < 1.29 is 47.8 Å². The van der Waals surface area contributed by atoms with Crippen molar-refractivity contribution in [3.05, 3.63) is 72.9 Å². The van der Waals surface area contributed by atoms with Gasteiger partial charge in [0.2, 0.25) is 0 Å². The largest absolute Gasteiger partial charge is 0.472 e. The molecular formula is C44H75O10P. The molecular weight excluding hydrogens is 719 g/mol. The van der Waals surface area contributed by atoms with Gasteiger partial charge in [-0.15, -0.1) is 0 Å².